The Bertz CT molecular complexity index is 371. The molecule has 0 heterocycles. The summed E-state index contributed by atoms with van der Waals surface area (Å²) in [4.78, 5) is 11.6. The van der Waals surface area contributed by atoms with Gasteiger partial charge < -0.3 is 4.74 Å². The number of benzene rings is 1. The average Bonchev–Trinajstić information content (AvgIpc) is 1.96. The molecule has 0 saturated heterocycles. The van der Waals surface area contributed by atoms with E-state index < -0.39 is 5.60 Å². The lowest BCUT2D eigenvalue weighted by Crippen LogP contribution is -2.24. The van der Waals surface area contributed by atoms with Crippen LogP contribution in [0.15, 0.2) is 18.2 Å². The van der Waals surface area contributed by atoms with Gasteiger partial charge in [-0.3, -0.25) is 4.79 Å². The van der Waals surface area contributed by atoms with Gasteiger partial charge in [0.05, 0.1) is 6.42 Å². The Morgan fingerprint density at radius 2 is 1.94 bits per heavy atom. The predicted octanol–water partition coefficient (Wildman–Crippen LogP) is 3.53. The Morgan fingerprint density at radius 1 is 1.31 bits per heavy atom. The molecule has 0 spiro atoms. The smallest absolute Gasteiger partial charge is 0.310 e. The summed E-state index contributed by atoms with van der Waals surface area (Å²) in [6.07, 6.45) is 0.263. The van der Waals surface area contributed by atoms with Gasteiger partial charge in [0.2, 0.25) is 0 Å². The Labute approximate surface area is 102 Å². The quantitative estimate of drug-likeness (QED) is 0.740. The molecule has 0 fully saturated rings. The highest BCUT2D eigenvalue weighted by Gasteiger charge is 2.16. The van der Waals surface area contributed by atoms with Crippen molar-refractivity contribution in [3.8, 4) is 0 Å². The van der Waals surface area contributed by atoms with Crippen LogP contribution in [0.4, 0.5) is 0 Å². The summed E-state index contributed by atoms with van der Waals surface area (Å²) in [5.41, 5.74) is 1.50. The molecule has 0 unspecified atom stereocenters. The van der Waals surface area contributed by atoms with E-state index in [1.165, 1.54) is 0 Å². The molecule has 2 nitrogen and oxygen atoms in total. The summed E-state index contributed by atoms with van der Waals surface area (Å²) in [5.74, 6) is -0.228. The number of carbonyl (C=O) groups is 1. The van der Waals surface area contributed by atoms with E-state index in [1.54, 1.807) is 6.07 Å². The maximum Gasteiger partial charge on any atom is 0.310 e. The van der Waals surface area contributed by atoms with Crippen molar-refractivity contribution in [1.29, 1.82) is 0 Å². The number of carbonyl (C=O) groups excluding carboxylic acids is 1. The first kappa shape index (κ1) is 13.0. The standard InChI is InChI=1S/C13H17ClO2/c1-9-5-10(7-11(14)6-9)8-12(15)16-13(2,3)4/h5-7H,8H2,1-4H3. The van der Waals surface area contributed by atoms with Gasteiger partial charge in [0.1, 0.15) is 5.60 Å². The molecule has 88 valence electrons. The highest BCUT2D eigenvalue weighted by Crippen LogP contribution is 2.16. The van der Waals surface area contributed by atoms with Gasteiger partial charge >= 0.3 is 5.97 Å². The monoisotopic (exact) mass is 240 g/mol. The van der Waals surface area contributed by atoms with Gasteiger partial charge in [0.25, 0.3) is 0 Å². The number of aryl methyl sites for hydroxylation is 1. The van der Waals surface area contributed by atoms with Crippen molar-refractivity contribution >= 4 is 17.6 Å². The largest absolute Gasteiger partial charge is 0.460 e. The fraction of sp³-hybridized carbons (Fsp3) is 0.462. The molecule has 16 heavy (non-hydrogen) atoms. The lowest BCUT2D eigenvalue weighted by molar-refractivity contribution is -0.153. The van der Waals surface area contributed by atoms with E-state index in [0.29, 0.717) is 5.02 Å². The summed E-state index contributed by atoms with van der Waals surface area (Å²) < 4.78 is 5.24. The highest BCUT2D eigenvalue weighted by atomic mass is 35.5. The fourth-order valence-corrected chi connectivity index (χ4v) is 1.77. The first-order valence-corrected chi connectivity index (χ1v) is 5.62. The van der Waals surface area contributed by atoms with Crippen molar-refractivity contribution in [2.75, 3.05) is 0 Å². The topological polar surface area (TPSA) is 26.3 Å². The van der Waals surface area contributed by atoms with Crippen molar-refractivity contribution in [2.45, 2.75) is 39.7 Å². The van der Waals surface area contributed by atoms with Gasteiger partial charge in [0, 0.05) is 5.02 Å². The van der Waals surface area contributed by atoms with Crippen LogP contribution >= 0.6 is 11.6 Å². The van der Waals surface area contributed by atoms with Gasteiger partial charge in [-0.15, -0.1) is 0 Å². The molecule has 0 radical (unpaired) electrons. The van der Waals surface area contributed by atoms with E-state index >= 15 is 0 Å². The Hall–Kier alpha value is -1.02. The second-order valence-corrected chi connectivity index (χ2v) is 5.34. The van der Waals surface area contributed by atoms with Crippen LogP contribution in [0.3, 0.4) is 0 Å². The molecule has 0 N–H and O–H groups in total. The molecule has 0 atom stereocenters. The van der Waals surface area contributed by atoms with Crippen molar-refractivity contribution in [3.05, 3.63) is 34.3 Å². The van der Waals surface area contributed by atoms with Crippen molar-refractivity contribution in [3.63, 3.8) is 0 Å². The molecule has 0 saturated carbocycles. The van der Waals surface area contributed by atoms with E-state index in [4.69, 9.17) is 16.3 Å². The number of hydrogen-bond acceptors (Lipinski definition) is 2. The second kappa shape index (κ2) is 4.88. The van der Waals surface area contributed by atoms with Crippen LogP contribution in [0.1, 0.15) is 31.9 Å². The third-order valence-corrected chi connectivity index (χ3v) is 2.09. The minimum Gasteiger partial charge on any atom is -0.460 e. The van der Waals surface area contributed by atoms with Gasteiger partial charge in [0.15, 0.2) is 0 Å². The lowest BCUT2D eigenvalue weighted by atomic mass is 10.1. The highest BCUT2D eigenvalue weighted by molar-refractivity contribution is 6.30. The van der Waals surface area contributed by atoms with Crippen LogP contribution < -0.4 is 0 Å². The lowest BCUT2D eigenvalue weighted by Gasteiger charge is -2.19. The summed E-state index contributed by atoms with van der Waals surface area (Å²) >= 11 is 5.91. The average molecular weight is 241 g/mol. The molecule has 0 aliphatic heterocycles. The first-order chi connectivity index (χ1) is 7.26. The third-order valence-electron chi connectivity index (χ3n) is 1.87. The number of esters is 1. The fourth-order valence-electron chi connectivity index (χ4n) is 1.46. The van der Waals surface area contributed by atoms with Crippen LogP contribution in [-0.2, 0) is 16.0 Å². The maximum atomic E-state index is 11.6. The molecule has 1 rings (SSSR count). The minimum absolute atomic E-state index is 0.228. The van der Waals surface area contributed by atoms with Crippen LogP contribution in [0.2, 0.25) is 5.02 Å². The number of hydrogen-bond donors (Lipinski definition) is 0. The van der Waals surface area contributed by atoms with E-state index in [0.717, 1.165) is 11.1 Å². The summed E-state index contributed by atoms with van der Waals surface area (Å²) in [7, 11) is 0. The SMILES string of the molecule is Cc1cc(Cl)cc(CC(=O)OC(C)(C)C)c1. The van der Waals surface area contributed by atoms with Crippen LogP contribution in [0, 0.1) is 6.92 Å². The van der Waals surface area contributed by atoms with Gasteiger partial charge in [-0.25, -0.2) is 0 Å². The Kier molecular flexibility index (Phi) is 3.98. The maximum absolute atomic E-state index is 11.6. The summed E-state index contributed by atoms with van der Waals surface area (Å²) in [6, 6.07) is 5.59. The zero-order valence-corrected chi connectivity index (χ0v) is 10.9. The van der Waals surface area contributed by atoms with Crippen LogP contribution in [-0.4, -0.2) is 11.6 Å². The molecule has 1 aromatic carbocycles. The number of halogens is 1. The van der Waals surface area contributed by atoms with Gasteiger partial charge in [-0.1, -0.05) is 17.7 Å². The van der Waals surface area contributed by atoms with E-state index in [2.05, 4.69) is 0 Å². The predicted molar refractivity (Wildman–Crippen MR) is 65.7 cm³/mol. The van der Waals surface area contributed by atoms with E-state index in [1.807, 2.05) is 39.8 Å². The van der Waals surface area contributed by atoms with E-state index in [9.17, 15) is 4.79 Å². The zero-order valence-electron chi connectivity index (χ0n) is 10.1. The third kappa shape index (κ3) is 4.67. The van der Waals surface area contributed by atoms with Crippen LogP contribution in [0.5, 0.6) is 0 Å². The Balaban J connectivity index is 2.70. The summed E-state index contributed by atoms with van der Waals surface area (Å²) in [5, 5.41) is 0.651. The molecule has 1 aromatic rings. The zero-order chi connectivity index (χ0) is 12.3. The van der Waals surface area contributed by atoms with Crippen molar-refractivity contribution in [1.82, 2.24) is 0 Å². The molecular formula is C13H17ClO2. The molecule has 0 aromatic heterocycles. The van der Waals surface area contributed by atoms with Crippen molar-refractivity contribution < 1.29 is 9.53 Å². The van der Waals surface area contributed by atoms with Gasteiger partial charge in [-0.2, -0.15) is 0 Å². The Morgan fingerprint density at radius 3 is 2.44 bits per heavy atom. The molecular weight excluding hydrogens is 224 g/mol. The number of rotatable bonds is 2. The normalized spacial score (nSPS) is 11.3. The molecule has 0 aliphatic carbocycles. The molecule has 0 amide bonds. The minimum atomic E-state index is -0.440. The van der Waals surface area contributed by atoms with E-state index in [-0.39, 0.29) is 12.4 Å². The first-order valence-electron chi connectivity index (χ1n) is 5.24. The number of ether oxygens (including phenoxy) is 1. The van der Waals surface area contributed by atoms with Crippen molar-refractivity contribution in [2.24, 2.45) is 0 Å². The second-order valence-electron chi connectivity index (χ2n) is 4.90. The van der Waals surface area contributed by atoms with Gasteiger partial charge in [-0.05, 0) is 51.0 Å². The summed E-state index contributed by atoms with van der Waals surface area (Å²) in [6.45, 7) is 7.51. The molecule has 3 heteroatoms. The molecule has 0 bridgehead atoms. The molecule has 0 aliphatic rings. The van der Waals surface area contributed by atoms with Crippen LogP contribution in [0.25, 0.3) is 0 Å².